The Morgan fingerprint density at radius 3 is 2.64 bits per heavy atom. The van der Waals surface area contributed by atoms with E-state index in [0.717, 1.165) is 57.0 Å². The largest absolute Gasteiger partial charge is 0.369 e. The number of nitrogens with one attached hydrogen (secondary N) is 1. The third-order valence-corrected chi connectivity index (χ3v) is 7.15. The Hall–Kier alpha value is -3.08. The number of pyridine rings is 1. The van der Waals surface area contributed by atoms with E-state index < -0.39 is 0 Å². The van der Waals surface area contributed by atoms with Crippen molar-refractivity contribution >= 4 is 16.9 Å². The van der Waals surface area contributed by atoms with Crippen LogP contribution in [0.3, 0.4) is 0 Å². The lowest BCUT2D eigenvalue weighted by Crippen LogP contribution is -2.51. The third-order valence-electron chi connectivity index (χ3n) is 7.15. The molecule has 0 saturated carbocycles. The van der Waals surface area contributed by atoms with Crippen molar-refractivity contribution < 1.29 is 0 Å². The number of aromatic nitrogens is 2. The fraction of sp³-hybridized carbons (Fsp3) is 0.462. The molecule has 3 aliphatic heterocycles. The second-order valence-electron chi connectivity index (χ2n) is 8.91. The normalized spacial score (nSPS) is 22.4. The lowest BCUT2D eigenvalue weighted by atomic mass is 10.0. The zero-order chi connectivity index (χ0) is 22.9. The molecule has 3 aliphatic rings. The summed E-state index contributed by atoms with van der Waals surface area (Å²) in [6, 6.07) is 16.2. The minimum Gasteiger partial charge on any atom is -0.369 e. The molecule has 1 N–H and O–H groups in total. The zero-order valence-electron chi connectivity index (χ0n) is 19.8. The summed E-state index contributed by atoms with van der Waals surface area (Å²) in [6.07, 6.45) is 1.78. The van der Waals surface area contributed by atoms with Gasteiger partial charge < -0.3 is 15.1 Å². The molecule has 2 aromatic heterocycles. The monoisotopic (exact) mass is 443 g/mol. The summed E-state index contributed by atoms with van der Waals surface area (Å²) < 4.78 is 1.76. The van der Waals surface area contributed by atoms with Gasteiger partial charge in [-0.15, -0.1) is 0 Å². The van der Waals surface area contributed by atoms with Gasteiger partial charge in [0.2, 0.25) is 0 Å². The van der Waals surface area contributed by atoms with Crippen LogP contribution in [0.15, 0.2) is 42.6 Å². The van der Waals surface area contributed by atoms with Gasteiger partial charge >= 0.3 is 0 Å². The molecular weight excluding hydrogens is 410 g/mol. The van der Waals surface area contributed by atoms with Crippen LogP contribution < -0.4 is 15.1 Å². The maximum atomic E-state index is 9.41. The smallest absolute Gasteiger partial charge is 0.142 e. The molecule has 3 aromatic rings. The van der Waals surface area contributed by atoms with Crippen LogP contribution in [-0.2, 0) is 6.54 Å². The van der Waals surface area contributed by atoms with Crippen LogP contribution in [0.25, 0.3) is 5.52 Å². The van der Waals surface area contributed by atoms with E-state index in [1.54, 1.807) is 10.7 Å². The Bertz CT molecular complexity index is 1170. The van der Waals surface area contributed by atoms with Crippen molar-refractivity contribution in [2.45, 2.75) is 39.4 Å². The molecule has 6 rings (SSSR count). The molecule has 2 atom stereocenters. The van der Waals surface area contributed by atoms with E-state index in [1.165, 1.54) is 16.8 Å². The molecule has 0 bridgehead atoms. The highest BCUT2D eigenvalue weighted by Gasteiger charge is 2.39. The molecule has 33 heavy (non-hydrogen) atoms. The SMILES string of the molecule is CC.CC1CN(c2ccc(C#N)n3nccc23)CC2c3ccc(N4CCNCC4)cc3CN12. The second kappa shape index (κ2) is 9.05. The molecule has 2 saturated heterocycles. The van der Waals surface area contributed by atoms with Gasteiger partial charge in [0.15, 0.2) is 0 Å². The van der Waals surface area contributed by atoms with Gasteiger partial charge in [0.25, 0.3) is 0 Å². The summed E-state index contributed by atoms with van der Waals surface area (Å²) in [4.78, 5) is 7.63. The predicted octanol–water partition coefficient (Wildman–Crippen LogP) is 3.41. The van der Waals surface area contributed by atoms with Gasteiger partial charge in [0.1, 0.15) is 11.8 Å². The number of hydrogen-bond donors (Lipinski definition) is 1. The Morgan fingerprint density at radius 2 is 1.85 bits per heavy atom. The Labute approximate surface area is 196 Å². The van der Waals surface area contributed by atoms with Crippen LogP contribution in [0.4, 0.5) is 11.4 Å². The first-order chi connectivity index (χ1) is 16.2. The second-order valence-corrected chi connectivity index (χ2v) is 8.91. The molecule has 0 spiro atoms. The van der Waals surface area contributed by atoms with Crippen LogP contribution >= 0.6 is 0 Å². The van der Waals surface area contributed by atoms with Crippen LogP contribution in [0, 0.1) is 11.3 Å². The van der Waals surface area contributed by atoms with Gasteiger partial charge in [0.05, 0.1) is 23.4 Å². The van der Waals surface area contributed by atoms with E-state index in [0.29, 0.717) is 17.8 Å². The zero-order valence-corrected chi connectivity index (χ0v) is 19.8. The Balaban J connectivity index is 0.00000111. The summed E-state index contributed by atoms with van der Waals surface area (Å²) in [6.45, 7) is 13.6. The molecule has 0 amide bonds. The minimum absolute atomic E-state index is 0.398. The van der Waals surface area contributed by atoms with Crippen molar-refractivity contribution in [1.82, 2.24) is 19.8 Å². The topological polar surface area (TPSA) is 62.8 Å². The van der Waals surface area contributed by atoms with Gasteiger partial charge in [-0.2, -0.15) is 10.4 Å². The van der Waals surface area contributed by atoms with Gasteiger partial charge in [-0.1, -0.05) is 19.9 Å². The number of rotatable bonds is 2. The maximum Gasteiger partial charge on any atom is 0.142 e. The van der Waals surface area contributed by atoms with Crippen LogP contribution in [0.1, 0.15) is 43.6 Å². The summed E-state index contributed by atoms with van der Waals surface area (Å²) in [5.41, 5.74) is 7.04. The molecular formula is C26H33N7. The van der Waals surface area contributed by atoms with Gasteiger partial charge in [0, 0.05) is 57.5 Å². The van der Waals surface area contributed by atoms with Crippen LogP contribution in [-0.4, -0.2) is 59.8 Å². The Morgan fingerprint density at radius 1 is 1.03 bits per heavy atom. The van der Waals surface area contributed by atoms with Crippen molar-refractivity contribution in [2.75, 3.05) is 49.1 Å². The van der Waals surface area contributed by atoms with Crippen molar-refractivity contribution in [2.24, 2.45) is 0 Å². The van der Waals surface area contributed by atoms with E-state index in [2.05, 4.69) is 62.4 Å². The van der Waals surface area contributed by atoms with Gasteiger partial charge in [-0.3, -0.25) is 4.90 Å². The van der Waals surface area contributed by atoms with Crippen molar-refractivity contribution in [3.8, 4) is 6.07 Å². The summed E-state index contributed by atoms with van der Waals surface area (Å²) in [5, 5.41) is 17.2. The van der Waals surface area contributed by atoms with Crippen LogP contribution in [0.2, 0.25) is 0 Å². The molecule has 7 nitrogen and oxygen atoms in total. The minimum atomic E-state index is 0.398. The number of fused-ring (bicyclic) bond motifs is 4. The molecule has 0 radical (unpaired) electrons. The van der Waals surface area contributed by atoms with E-state index in [-0.39, 0.29) is 0 Å². The lowest BCUT2D eigenvalue weighted by molar-refractivity contribution is 0.134. The van der Waals surface area contributed by atoms with E-state index in [9.17, 15) is 5.26 Å². The number of hydrogen-bond acceptors (Lipinski definition) is 6. The first kappa shape index (κ1) is 21.7. The highest BCUT2D eigenvalue weighted by atomic mass is 15.3. The third kappa shape index (κ3) is 3.73. The maximum absolute atomic E-state index is 9.41. The molecule has 0 aliphatic carbocycles. The standard InChI is InChI=1S/C24H27N7.C2H6/c1-17-14-29(22-5-3-20(13-25)31-23(22)6-7-27-31)16-24-21-4-2-19(12-18(21)15-30(17)24)28-10-8-26-9-11-28;1-2/h2-7,12,17,24,26H,8-11,14-16H2,1H3;1-2H3. The average Bonchev–Trinajstić information content (AvgIpc) is 3.50. The molecule has 2 unspecified atom stereocenters. The van der Waals surface area contributed by atoms with E-state index in [4.69, 9.17) is 0 Å². The number of piperazine rings is 2. The predicted molar refractivity (Wildman–Crippen MR) is 133 cm³/mol. The molecule has 172 valence electrons. The van der Waals surface area contributed by atoms with Gasteiger partial charge in [-0.05, 0) is 48.4 Å². The average molecular weight is 444 g/mol. The van der Waals surface area contributed by atoms with Gasteiger partial charge in [-0.25, -0.2) is 4.52 Å². The quantitative estimate of drug-likeness (QED) is 0.655. The van der Waals surface area contributed by atoms with E-state index >= 15 is 0 Å². The van der Waals surface area contributed by atoms with Crippen LogP contribution in [0.5, 0.6) is 0 Å². The molecule has 1 aromatic carbocycles. The molecule has 7 heteroatoms. The highest BCUT2D eigenvalue weighted by molar-refractivity contribution is 5.74. The van der Waals surface area contributed by atoms with E-state index in [1.807, 2.05) is 26.0 Å². The number of anilines is 2. The highest BCUT2D eigenvalue weighted by Crippen LogP contribution is 2.41. The van der Waals surface area contributed by atoms with Crippen molar-refractivity contribution in [3.05, 3.63) is 59.4 Å². The number of benzene rings is 1. The fourth-order valence-corrected chi connectivity index (χ4v) is 5.58. The number of nitriles is 1. The lowest BCUT2D eigenvalue weighted by Gasteiger charge is -2.43. The number of nitrogens with zero attached hydrogens (tertiary/aromatic N) is 6. The van der Waals surface area contributed by atoms with Crippen molar-refractivity contribution in [1.29, 1.82) is 5.26 Å². The molecule has 2 fully saturated rings. The summed E-state index contributed by atoms with van der Waals surface area (Å²) >= 11 is 0. The summed E-state index contributed by atoms with van der Waals surface area (Å²) in [5.74, 6) is 0. The summed E-state index contributed by atoms with van der Waals surface area (Å²) in [7, 11) is 0. The first-order valence-electron chi connectivity index (χ1n) is 12.2. The molecule has 5 heterocycles. The first-order valence-corrected chi connectivity index (χ1v) is 12.2. The Kier molecular flexibility index (Phi) is 5.96. The fourth-order valence-electron chi connectivity index (χ4n) is 5.58. The van der Waals surface area contributed by atoms with Crippen molar-refractivity contribution in [3.63, 3.8) is 0 Å².